The van der Waals surface area contributed by atoms with E-state index in [0.717, 1.165) is 31.4 Å². The molecule has 0 saturated heterocycles. The Hall–Kier alpha value is -3.80. The van der Waals surface area contributed by atoms with E-state index in [0.29, 0.717) is 12.5 Å². The number of primary amides is 1. The molecule has 0 spiro atoms. The second-order valence-electron chi connectivity index (χ2n) is 13.4. The lowest BCUT2D eigenvalue weighted by molar-refractivity contribution is -0.181. The Bertz CT molecular complexity index is 1590. The predicted octanol–water partition coefficient (Wildman–Crippen LogP) is 1.46. The lowest BCUT2D eigenvalue weighted by Gasteiger charge is -2.52. The van der Waals surface area contributed by atoms with Crippen molar-refractivity contribution in [3.8, 4) is 5.75 Å². The average molecular weight is 620 g/mol. The first-order valence-electron chi connectivity index (χ1n) is 15.5. The number of hydrogen-bond acceptors (Lipinski definition) is 9. The van der Waals surface area contributed by atoms with Gasteiger partial charge >= 0.3 is 0 Å². The summed E-state index contributed by atoms with van der Waals surface area (Å²) in [4.78, 5) is 70.2. The Morgan fingerprint density at radius 1 is 1.09 bits per heavy atom. The molecule has 0 aliphatic heterocycles. The fourth-order valence-electron chi connectivity index (χ4n) is 7.90. The molecule has 6 rings (SSSR count). The molecule has 10 nitrogen and oxygen atoms in total. The molecule has 4 aliphatic carbocycles. The number of rotatable bonds is 9. The third-order valence-electron chi connectivity index (χ3n) is 10.2. The van der Waals surface area contributed by atoms with Gasteiger partial charge in [0.05, 0.1) is 17.5 Å². The molecule has 0 radical (unpaired) electrons. The SMILES string of the molecule is CN(C)[C@@H]1C(=O)C(C(N)=O)C(=O)[C@@]2(O)C(=O)C3C(=O)c4c(O)cc(CN(CCc5ccccc5)CC5CC5)c(F)c4C[C@H]3C[C@@H]12. The molecule has 11 heteroatoms. The van der Waals surface area contributed by atoms with Gasteiger partial charge in [-0.2, -0.15) is 0 Å². The molecule has 4 aliphatic rings. The lowest BCUT2D eigenvalue weighted by Crippen LogP contribution is -2.74. The van der Waals surface area contributed by atoms with Gasteiger partial charge in [0.2, 0.25) is 5.91 Å². The zero-order valence-corrected chi connectivity index (χ0v) is 25.4. The third kappa shape index (κ3) is 5.20. The first kappa shape index (κ1) is 31.2. The Labute approximate surface area is 260 Å². The number of halogens is 1. The van der Waals surface area contributed by atoms with Crippen LogP contribution in [0, 0.1) is 35.4 Å². The van der Waals surface area contributed by atoms with Crippen LogP contribution in [0.1, 0.15) is 46.3 Å². The van der Waals surface area contributed by atoms with Gasteiger partial charge < -0.3 is 15.9 Å². The molecule has 0 heterocycles. The number of hydrogen-bond donors (Lipinski definition) is 3. The second-order valence-corrected chi connectivity index (χ2v) is 13.4. The van der Waals surface area contributed by atoms with Crippen molar-refractivity contribution in [3.63, 3.8) is 0 Å². The van der Waals surface area contributed by atoms with Crippen LogP contribution >= 0.6 is 0 Å². The van der Waals surface area contributed by atoms with Crippen LogP contribution in [0.3, 0.4) is 0 Å². The van der Waals surface area contributed by atoms with Gasteiger partial charge in [0.15, 0.2) is 34.7 Å². The highest BCUT2D eigenvalue weighted by atomic mass is 19.1. The Morgan fingerprint density at radius 2 is 1.78 bits per heavy atom. The molecule has 1 amide bonds. The van der Waals surface area contributed by atoms with Gasteiger partial charge in [-0.3, -0.25) is 33.8 Å². The van der Waals surface area contributed by atoms with Crippen molar-refractivity contribution in [1.82, 2.24) is 9.80 Å². The molecule has 2 unspecified atom stereocenters. The molecule has 3 fully saturated rings. The van der Waals surface area contributed by atoms with Gasteiger partial charge in [-0.1, -0.05) is 30.3 Å². The van der Waals surface area contributed by atoms with E-state index in [9.17, 15) is 34.2 Å². The van der Waals surface area contributed by atoms with E-state index in [1.807, 2.05) is 30.3 Å². The summed E-state index contributed by atoms with van der Waals surface area (Å²) < 4.78 is 16.3. The highest BCUT2D eigenvalue weighted by molar-refractivity contribution is 6.32. The molecular formula is C34H38FN3O7. The summed E-state index contributed by atoms with van der Waals surface area (Å²) in [5.74, 6) is -11.7. The number of nitrogens with zero attached hydrogens (tertiary/aromatic N) is 2. The van der Waals surface area contributed by atoms with Crippen molar-refractivity contribution in [2.75, 3.05) is 27.2 Å². The summed E-state index contributed by atoms with van der Waals surface area (Å²) in [6, 6.07) is 9.99. The van der Waals surface area contributed by atoms with Crippen LogP contribution in [0.2, 0.25) is 0 Å². The maximum atomic E-state index is 16.3. The number of likely N-dealkylation sites (N-methyl/N-ethyl adjacent to an activating group) is 1. The third-order valence-corrected chi connectivity index (χ3v) is 10.2. The van der Waals surface area contributed by atoms with Crippen LogP contribution in [-0.4, -0.2) is 87.9 Å². The van der Waals surface area contributed by atoms with Gasteiger partial charge in [0, 0.05) is 36.7 Å². The molecule has 2 aromatic carbocycles. The number of phenolic OH excluding ortho intramolecular Hbond substituents is 1. The number of benzene rings is 2. The summed E-state index contributed by atoms with van der Waals surface area (Å²) in [6.07, 6.45) is 2.75. The summed E-state index contributed by atoms with van der Waals surface area (Å²) in [6.45, 7) is 1.68. The number of aromatic hydroxyl groups is 1. The van der Waals surface area contributed by atoms with Crippen molar-refractivity contribution in [2.24, 2.45) is 35.3 Å². The molecule has 2 aromatic rings. The zero-order chi connectivity index (χ0) is 32.4. The van der Waals surface area contributed by atoms with Gasteiger partial charge in [-0.15, -0.1) is 0 Å². The largest absolute Gasteiger partial charge is 0.507 e. The molecule has 6 atom stereocenters. The molecule has 4 N–H and O–H groups in total. The number of carbonyl (C=O) groups excluding carboxylic acids is 5. The monoisotopic (exact) mass is 619 g/mol. The van der Waals surface area contributed by atoms with Crippen molar-refractivity contribution < 1.29 is 38.6 Å². The van der Waals surface area contributed by atoms with Crippen LogP contribution in [0.4, 0.5) is 4.39 Å². The quantitative estimate of drug-likeness (QED) is 0.354. The van der Waals surface area contributed by atoms with E-state index in [2.05, 4.69) is 4.90 Å². The normalized spacial score (nSPS) is 29.5. The Morgan fingerprint density at radius 3 is 2.40 bits per heavy atom. The van der Waals surface area contributed by atoms with E-state index in [-0.39, 0.29) is 36.1 Å². The fraction of sp³-hybridized carbons (Fsp3) is 0.500. The van der Waals surface area contributed by atoms with Crippen molar-refractivity contribution in [1.29, 1.82) is 0 Å². The minimum Gasteiger partial charge on any atom is -0.507 e. The summed E-state index contributed by atoms with van der Waals surface area (Å²) in [5.41, 5.74) is 3.60. The average Bonchev–Trinajstić information content (AvgIpc) is 3.80. The van der Waals surface area contributed by atoms with Gasteiger partial charge in [0.25, 0.3) is 0 Å². The van der Waals surface area contributed by atoms with Gasteiger partial charge in [0.1, 0.15) is 11.6 Å². The first-order chi connectivity index (χ1) is 21.3. The standard InChI is InChI=1S/C34H38FN3O7/c1-37(2)28-22-13-19-12-21-25(29(40)24(19)31(42)34(22,45)32(43)26(30(28)41)33(36)44)23(39)14-20(27(21)35)16-38(15-18-8-9-18)11-10-17-6-4-3-5-7-17/h3-7,14,18-19,22,24,26,28,39,45H,8-13,15-16H2,1-2H3,(H2,36,44)/t19-,22-,24?,26?,28-,34-/m0/s1. The molecular weight excluding hydrogens is 581 g/mol. The molecule has 45 heavy (non-hydrogen) atoms. The fourth-order valence-corrected chi connectivity index (χ4v) is 7.90. The van der Waals surface area contributed by atoms with E-state index < -0.39 is 75.9 Å². The number of aliphatic hydroxyl groups is 1. The summed E-state index contributed by atoms with van der Waals surface area (Å²) in [7, 11) is 3.04. The van der Waals surface area contributed by atoms with E-state index in [1.165, 1.54) is 25.1 Å². The van der Waals surface area contributed by atoms with E-state index in [1.54, 1.807) is 0 Å². The maximum Gasteiger partial charge on any atom is 0.235 e. The number of carbonyl (C=O) groups is 5. The van der Waals surface area contributed by atoms with Crippen LogP contribution in [0.25, 0.3) is 0 Å². The molecule has 0 bridgehead atoms. The maximum absolute atomic E-state index is 16.3. The first-order valence-corrected chi connectivity index (χ1v) is 15.5. The van der Waals surface area contributed by atoms with Crippen LogP contribution < -0.4 is 5.73 Å². The Balaban J connectivity index is 1.33. The number of fused-ring (bicyclic) bond motifs is 3. The van der Waals surface area contributed by atoms with Crippen LogP contribution in [-0.2, 0) is 38.6 Å². The van der Waals surface area contributed by atoms with E-state index >= 15 is 4.39 Å². The van der Waals surface area contributed by atoms with Gasteiger partial charge in [-0.25, -0.2) is 4.39 Å². The molecule has 0 aromatic heterocycles. The minimum absolute atomic E-state index is 0.00574. The number of ketones is 4. The van der Waals surface area contributed by atoms with Crippen molar-refractivity contribution in [3.05, 3.63) is 64.5 Å². The van der Waals surface area contributed by atoms with Crippen LogP contribution in [0.5, 0.6) is 5.75 Å². The summed E-state index contributed by atoms with van der Waals surface area (Å²) in [5, 5.41) is 22.8. The highest BCUT2D eigenvalue weighted by Gasteiger charge is 2.69. The van der Waals surface area contributed by atoms with Crippen LogP contribution in [0.15, 0.2) is 36.4 Å². The molecule has 238 valence electrons. The van der Waals surface area contributed by atoms with Crippen molar-refractivity contribution in [2.45, 2.75) is 50.3 Å². The minimum atomic E-state index is -2.81. The predicted molar refractivity (Wildman–Crippen MR) is 159 cm³/mol. The number of nitrogens with two attached hydrogens (primary N) is 1. The van der Waals surface area contributed by atoms with Crippen molar-refractivity contribution >= 4 is 29.0 Å². The number of Topliss-reactive ketones (excluding diaryl/α,β-unsaturated/α-hetero) is 4. The number of amides is 1. The Kier molecular flexibility index (Phi) is 7.99. The van der Waals surface area contributed by atoms with E-state index in [4.69, 9.17) is 5.73 Å². The summed E-state index contributed by atoms with van der Waals surface area (Å²) >= 11 is 0. The molecule has 3 saturated carbocycles. The number of phenols is 1. The lowest BCUT2D eigenvalue weighted by atomic mass is 9.52. The topological polar surface area (TPSA) is 158 Å². The highest BCUT2D eigenvalue weighted by Crippen LogP contribution is 2.51. The zero-order valence-electron chi connectivity index (χ0n) is 25.4. The second kappa shape index (κ2) is 11.5. The van der Waals surface area contributed by atoms with Gasteiger partial charge in [-0.05, 0) is 69.7 Å². The smallest absolute Gasteiger partial charge is 0.235 e.